The lowest BCUT2D eigenvalue weighted by atomic mass is 10.00. The second-order valence-electron chi connectivity index (χ2n) is 11.3. The van der Waals surface area contributed by atoms with Gasteiger partial charge in [0.25, 0.3) is 0 Å². The third kappa shape index (κ3) is 4.62. The predicted molar refractivity (Wildman–Crippen MR) is 181 cm³/mol. The maximum absolute atomic E-state index is 2.48. The Balaban J connectivity index is 1.05. The molecule has 0 unspecified atom stereocenters. The number of aryl methyl sites for hydroxylation is 1. The largest absolute Gasteiger partial charge is 0.313 e. The number of fused-ring (bicyclic) bond motifs is 3. The van der Waals surface area contributed by atoms with Crippen molar-refractivity contribution in [2.24, 2.45) is 0 Å². The van der Waals surface area contributed by atoms with E-state index in [2.05, 4.69) is 167 Å². The number of anilines is 3. The van der Waals surface area contributed by atoms with Gasteiger partial charge in [-0.3, -0.25) is 0 Å². The van der Waals surface area contributed by atoms with E-state index in [0.717, 1.165) is 23.5 Å². The van der Waals surface area contributed by atoms with Gasteiger partial charge in [-0.1, -0.05) is 103 Å². The minimum absolute atomic E-state index is 1.14. The Labute approximate surface area is 253 Å². The van der Waals surface area contributed by atoms with Crippen LogP contribution in [0.5, 0.6) is 0 Å². The molecule has 0 saturated carbocycles. The van der Waals surface area contributed by atoms with E-state index < -0.39 is 0 Å². The summed E-state index contributed by atoms with van der Waals surface area (Å²) in [5, 5.41) is 1.41. The SMILES string of the molecule is c1ccc(N(c2ccccc2)c2ccc(-c3ccc(-c4ccc(-n5c6c(c7ccccc75)CCC6)cc4)cc3)cc2)cc1. The first-order valence-corrected chi connectivity index (χ1v) is 15.2. The second kappa shape index (κ2) is 10.8. The van der Waals surface area contributed by atoms with Crippen molar-refractivity contribution in [3.63, 3.8) is 0 Å². The van der Waals surface area contributed by atoms with Gasteiger partial charge in [0, 0.05) is 33.8 Å². The van der Waals surface area contributed by atoms with Crippen molar-refractivity contribution < 1.29 is 0 Å². The van der Waals surface area contributed by atoms with Crippen LogP contribution in [0, 0.1) is 0 Å². The van der Waals surface area contributed by atoms with Gasteiger partial charge in [0.1, 0.15) is 0 Å². The zero-order chi connectivity index (χ0) is 28.6. The molecule has 1 heterocycles. The molecule has 0 bridgehead atoms. The van der Waals surface area contributed by atoms with E-state index in [1.54, 1.807) is 0 Å². The monoisotopic (exact) mass is 552 g/mol. The lowest BCUT2D eigenvalue weighted by molar-refractivity contribution is 0.874. The molecule has 43 heavy (non-hydrogen) atoms. The van der Waals surface area contributed by atoms with Crippen LogP contribution in [0.25, 0.3) is 38.8 Å². The van der Waals surface area contributed by atoms with E-state index in [-0.39, 0.29) is 0 Å². The molecule has 0 atom stereocenters. The number of rotatable bonds is 6. The van der Waals surface area contributed by atoms with Gasteiger partial charge in [-0.25, -0.2) is 0 Å². The van der Waals surface area contributed by atoms with Crippen molar-refractivity contribution in [1.29, 1.82) is 0 Å². The van der Waals surface area contributed by atoms with Gasteiger partial charge in [0.2, 0.25) is 0 Å². The van der Waals surface area contributed by atoms with Crippen molar-refractivity contribution in [3.05, 3.63) is 169 Å². The predicted octanol–water partition coefficient (Wildman–Crippen LogP) is 10.9. The van der Waals surface area contributed by atoms with Gasteiger partial charge in [0.15, 0.2) is 0 Å². The van der Waals surface area contributed by atoms with Gasteiger partial charge < -0.3 is 9.47 Å². The number of hydrogen-bond acceptors (Lipinski definition) is 1. The summed E-state index contributed by atoms with van der Waals surface area (Å²) >= 11 is 0. The number of nitrogens with zero attached hydrogens (tertiary/aromatic N) is 2. The summed E-state index contributed by atoms with van der Waals surface area (Å²) in [6.45, 7) is 0. The van der Waals surface area contributed by atoms with Crippen molar-refractivity contribution in [3.8, 4) is 27.9 Å². The maximum atomic E-state index is 2.48. The second-order valence-corrected chi connectivity index (χ2v) is 11.3. The molecule has 0 aliphatic heterocycles. The van der Waals surface area contributed by atoms with Crippen LogP contribution in [0.4, 0.5) is 17.1 Å². The molecule has 0 fully saturated rings. The molecule has 6 aromatic carbocycles. The summed E-state index contributed by atoms with van der Waals surface area (Å²) in [5.41, 5.74) is 13.9. The highest BCUT2D eigenvalue weighted by Crippen LogP contribution is 2.37. The first-order valence-electron chi connectivity index (χ1n) is 15.2. The molecule has 1 aliphatic rings. The summed E-state index contributed by atoms with van der Waals surface area (Å²) in [6, 6.07) is 56.8. The van der Waals surface area contributed by atoms with Gasteiger partial charge >= 0.3 is 0 Å². The Bertz CT molecular complexity index is 1960. The lowest BCUT2D eigenvalue weighted by Crippen LogP contribution is -2.09. The Hall–Kier alpha value is -5.34. The Morgan fingerprint density at radius 1 is 0.419 bits per heavy atom. The molecule has 0 N–H and O–H groups in total. The van der Waals surface area contributed by atoms with Crippen LogP contribution < -0.4 is 4.90 Å². The lowest BCUT2D eigenvalue weighted by Gasteiger charge is -2.25. The molecule has 0 amide bonds. The Morgan fingerprint density at radius 3 is 1.47 bits per heavy atom. The topological polar surface area (TPSA) is 8.17 Å². The number of benzene rings is 6. The molecule has 1 aliphatic carbocycles. The summed E-state index contributed by atoms with van der Waals surface area (Å²) < 4.78 is 2.48. The fourth-order valence-electron chi connectivity index (χ4n) is 6.69. The zero-order valence-electron chi connectivity index (χ0n) is 24.0. The van der Waals surface area contributed by atoms with E-state index in [9.17, 15) is 0 Å². The van der Waals surface area contributed by atoms with Crippen LogP contribution in [0.15, 0.2) is 158 Å². The summed E-state index contributed by atoms with van der Waals surface area (Å²) in [7, 11) is 0. The summed E-state index contributed by atoms with van der Waals surface area (Å²) in [4.78, 5) is 2.29. The van der Waals surface area contributed by atoms with Crippen LogP contribution in [0.3, 0.4) is 0 Å². The normalized spacial score (nSPS) is 12.4. The van der Waals surface area contributed by atoms with Crippen LogP contribution in [-0.2, 0) is 12.8 Å². The average molecular weight is 553 g/mol. The molecular weight excluding hydrogens is 520 g/mol. The maximum Gasteiger partial charge on any atom is 0.0534 e. The average Bonchev–Trinajstić information content (AvgIpc) is 3.68. The third-order valence-corrected chi connectivity index (χ3v) is 8.76. The van der Waals surface area contributed by atoms with Gasteiger partial charge in [0.05, 0.1) is 5.52 Å². The Morgan fingerprint density at radius 2 is 0.884 bits per heavy atom. The highest BCUT2D eigenvalue weighted by atomic mass is 15.1. The highest BCUT2D eigenvalue weighted by molar-refractivity contribution is 5.88. The number of aromatic nitrogens is 1. The van der Waals surface area contributed by atoms with Crippen molar-refractivity contribution in [2.75, 3.05) is 4.90 Å². The number of hydrogen-bond donors (Lipinski definition) is 0. The first-order chi connectivity index (χ1) is 21.3. The van der Waals surface area contributed by atoms with Crippen LogP contribution in [0.2, 0.25) is 0 Å². The molecular formula is C41H32N2. The molecule has 2 nitrogen and oxygen atoms in total. The Kier molecular flexibility index (Phi) is 6.38. The number of para-hydroxylation sites is 3. The van der Waals surface area contributed by atoms with Gasteiger partial charge in [-0.15, -0.1) is 0 Å². The van der Waals surface area contributed by atoms with Gasteiger partial charge in [-0.2, -0.15) is 0 Å². The molecule has 0 radical (unpaired) electrons. The fourth-order valence-corrected chi connectivity index (χ4v) is 6.69. The summed E-state index contributed by atoms with van der Waals surface area (Å²) in [5.74, 6) is 0. The first kappa shape index (κ1) is 25.4. The fraction of sp³-hybridized carbons (Fsp3) is 0.0732. The molecule has 8 rings (SSSR count). The quantitative estimate of drug-likeness (QED) is 0.199. The van der Waals surface area contributed by atoms with E-state index >= 15 is 0 Å². The van der Waals surface area contributed by atoms with E-state index in [1.807, 2.05) is 0 Å². The van der Waals surface area contributed by atoms with Crippen molar-refractivity contribution in [1.82, 2.24) is 4.57 Å². The smallest absolute Gasteiger partial charge is 0.0534 e. The molecule has 2 heteroatoms. The third-order valence-electron chi connectivity index (χ3n) is 8.76. The minimum atomic E-state index is 1.14. The molecule has 7 aromatic rings. The standard InChI is InChI=1S/C41H32N2/c1-3-10-34(11-4-1)42(35-12-5-2-6-13-35)36-26-22-32(23-27-36)30-18-20-31(21-19-30)33-24-28-37(29-25-33)43-40-16-8-7-14-38(40)39-15-9-17-41(39)43/h1-8,10-14,16,18-29H,9,15,17H2. The van der Waals surface area contributed by atoms with Crippen molar-refractivity contribution in [2.45, 2.75) is 19.3 Å². The van der Waals surface area contributed by atoms with E-state index in [0.29, 0.717) is 0 Å². The molecule has 1 aromatic heterocycles. The highest BCUT2D eigenvalue weighted by Gasteiger charge is 2.22. The van der Waals surface area contributed by atoms with Crippen LogP contribution in [-0.4, -0.2) is 4.57 Å². The molecule has 0 saturated heterocycles. The van der Waals surface area contributed by atoms with Crippen molar-refractivity contribution >= 4 is 28.0 Å². The zero-order valence-corrected chi connectivity index (χ0v) is 24.0. The van der Waals surface area contributed by atoms with E-state index in [4.69, 9.17) is 0 Å². The van der Waals surface area contributed by atoms with Crippen LogP contribution >= 0.6 is 0 Å². The van der Waals surface area contributed by atoms with Crippen LogP contribution in [0.1, 0.15) is 17.7 Å². The molecule has 206 valence electrons. The minimum Gasteiger partial charge on any atom is -0.313 e. The summed E-state index contributed by atoms with van der Waals surface area (Å²) in [6.07, 6.45) is 3.60. The van der Waals surface area contributed by atoms with Gasteiger partial charge in [-0.05, 0) is 102 Å². The van der Waals surface area contributed by atoms with E-state index in [1.165, 1.54) is 62.9 Å². The molecule has 0 spiro atoms.